The molecule has 2 amide bonds. The third-order valence-electron chi connectivity index (χ3n) is 4.94. The Morgan fingerprint density at radius 3 is 2.42 bits per heavy atom. The second-order valence-corrected chi connectivity index (χ2v) is 8.72. The Morgan fingerprint density at radius 1 is 0.972 bits per heavy atom. The third kappa shape index (κ3) is 7.73. The predicted octanol–water partition coefficient (Wildman–Crippen LogP) is 5.57. The Hall–Kier alpha value is -3.56. The lowest BCUT2D eigenvalue weighted by molar-refractivity contribution is -0.124. The van der Waals surface area contributed by atoms with Crippen molar-refractivity contribution in [2.75, 3.05) is 19.5 Å². The fraction of sp³-hybridized carbons (Fsp3) is 0.192. The molecule has 0 aromatic heterocycles. The number of carbonyl (C=O) groups excluding carboxylic acids is 2. The number of carbonyl (C=O) groups is 2. The zero-order chi connectivity index (χ0) is 25.9. The van der Waals surface area contributed by atoms with Gasteiger partial charge in [-0.1, -0.05) is 41.9 Å². The molecule has 188 valence electrons. The number of nitrogens with zero attached hydrogens (tertiary/aromatic N) is 1. The van der Waals surface area contributed by atoms with Crippen molar-refractivity contribution in [1.82, 2.24) is 5.43 Å². The van der Waals surface area contributed by atoms with E-state index >= 15 is 0 Å². The van der Waals surface area contributed by atoms with E-state index < -0.39 is 5.91 Å². The fourth-order valence-electron chi connectivity index (χ4n) is 3.14. The highest BCUT2D eigenvalue weighted by atomic mass is 79.9. The van der Waals surface area contributed by atoms with E-state index in [4.69, 9.17) is 25.8 Å². The summed E-state index contributed by atoms with van der Waals surface area (Å²) < 4.78 is 17.2. The van der Waals surface area contributed by atoms with Gasteiger partial charge in [0, 0.05) is 23.4 Å². The largest absolute Gasteiger partial charge is 0.495 e. The van der Waals surface area contributed by atoms with Gasteiger partial charge in [0.15, 0.2) is 11.5 Å². The molecule has 8 nitrogen and oxygen atoms in total. The van der Waals surface area contributed by atoms with Crippen LogP contribution in [0.5, 0.6) is 17.2 Å². The molecule has 10 heteroatoms. The Balaban J connectivity index is 1.53. The summed E-state index contributed by atoms with van der Waals surface area (Å²) in [4.78, 5) is 24.3. The summed E-state index contributed by atoms with van der Waals surface area (Å²) in [5.74, 6) is 0.838. The van der Waals surface area contributed by atoms with Crippen molar-refractivity contribution >= 4 is 51.2 Å². The number of hydrazone groups is 1. The van der Waals surface area contributed by atoms with Crippen molar-refractivity contribution in [1.29, 1.82) is 0 Å². The highest BCUT2D eigenvalue weighted by molar-refractivity contribution is 9.10. The van der Waals surface area contributed by atoms with Crippen LogP contribution in [0.4, 0.5) is 5.69 Å². The number of para-hydroxylation sites is 2. The summed E-state index contributed by atoms with van der Waals surface area (Å²) in [5, 5.41) is 7.31. The summed E-state index contributed by atoms with van der Waals surface area (Å²) in [6.45, 7) is 0.267. The lowest BCUT2D eigenvalue weighted by atomic mass is 10.2. The molecule has 0 unspecified atom stereocenters. The van der Waals surface area contributed by atoms with Gasteiger partial charge in [-0.3, -0.25) is 9.59 Å². The SMILES string of the molecule is COc1ccccc1NC(=O)CCC(=O)NN=Cc1cc(Br)c(OCc2ccccc2Cl)c(OC)c1. The van der Waals surface area contributed by atoms with Crippen LogP contribution in [0.1, 0.15) is 24.0 Å². The predicted molar refractivity (Wildman–Crippen MR) is 143 cm³/mol. The minimum atomic E-state index is -0.396. The fourth-order valence-corrected chi connectivity index (χ4v) is 3.91. The van der Waals surface area contributed by atoms with Crippen molar-refractivity contribution in [3.8, 4) is 17.2 Å². The van der Waals surface area contributed by atoms with Crippen LogP contribution in [0.2, 0.25) is 5.02 Å². The average molecular weight is 575 g/mol. The summed E-state index contributed by atoms with van der Waals surface area (Å²) in [6, 6.07) is 18.0. The molecule has 0 atom stereocenters. The molecule has 0 radical (unpaired) electrons. The molecule has 3 aromatic rings. The number of ether oxygens (including phenoxy) is 3. The van der Waals surface area contributed by atoms with Crippen molar-refractivity contribution in [3.63, 3.8) is 0 Å². The molecule has 0 aliphatic rings. The molecule has 0 heterocycles. The van der Waals surface area contributed by atoms with Crippen LogP contribution in [0.25, 0.3) is 0 Å². The monoisotopic (exact) mass is 573 g/mol. The molecular weight excluding hydrogens is 550 g/mol. The zero-order valence-electron chi connectivity index (χ0n) is 19.7. The second kappa shape index (κ2) is 13.5. The van der Waals surface area contributed by atoms with Crippen LogP contribution in [0, 0.1) is 0 Å². The topological polar surface area (TPSA) is 98.2 Å². The Bertz CT molecular complexity index is 1250. The van der Waals surface area contributed by atoms with E-state index in [9.17, 15) is 9.59 Å². The van der Waals surface area contributed by atoms with E-state index in [1.54, 1.807) is 42.5 Å². The minimum absolute atomic E-state index is 0.00373. The maximum Gasteiger partial charge on any atom is 0.240 e. The van der Waals surface area contributed by atoms with Crippen LogP contribution in [-0.4, -0.2) is 32.2 Å². The van der Waals surface area contributed by atoms with Crippen LogP contribution in [-0.2, 0) is 16.2 Å². The molecule has 0 aliphatic heterocycles. The van der Waals surface area contributed by atoms with Gasteiger partial charge in [-0.2, -0.15) is 5.10 Å². The molecule has 3 rings (SSSR count). The molecule has 0 bridgehead atoms. The van der Waals surface area contributed by atoms with Crippen LogP contribution in [0.15, 0.2) is 70.2 Å². The first-order chi connectivity index (χ1) is 17.4. The molecule has 2 N–H and O–H groups in total. The summed E-state index contributed by atoms with van der Waals surface area (Å²) in [7, 11) is 3.05. The standard InChI is InChI=1S/C26H25BrClN3O5/c1-34-22-10-6-5-9-21(22)30-24(32)11-12-25(33)31-29-15-17-13-19(27)26(23(14-17)35-2)36-16-18-7-3-4-8-20(18)28/h3-10,13-15H,11-12,16H2,1-2H3,(H,30,32)(H,31,33). The summed E-state index contributed by atoms with van der Waals surface area (Å²) in [5.41, 5.74) is 4.48. The van der Waals surface area contributed by atoms with E-state index in [1.165, 1.54) is 20.4 Å². The highest BCUT2D eigenvalue weighted by Gasteiger charge is 2.13. The molecular formula is C26H25BrClN3O5. The van der Waals surface area contributed by atoms with Gasteiger partial charge >= 0.3 is 0 Å². The molecule has 0 fully saturated rings. The van der Waals surface area contributed by atoms with E-state index in [2.05, 4.69) is 31.8 Å². The highest BCUT2D eigenvalue weighted by Crippen LogP contribution is 2.37. The molecule has 0 spiro atoms. The van der Waals surface area contributed by atoms with Gasteiger partial charge in [0.2, 0.25) is 11.8 Å². The summed E-state index contributed by atoms with van der Waals surface area (Å²) >= 11 is 9.69. The smallest absolute Gasteiger partial charge is 0.240 e. The number of amides is 2. The number of anilines is 1. The first-order valence-corrected chi connectivity index (χ1v) is 12.1. The van der Waals surface area contributed by atoms with E-state index in [-0.39, 0.29) is 25.4 Å². The van der Waals surface area contributed by atoms with E-state index in [0.717, 1.165) is 5.56 Å². The number of hydrogen-bond acceptors (Lipinski definition) is 6. The Kier molecular flexibility index (Phi) is 10.1. The van der Waals surface area contributed by atoms with Crippen LogP contribution >= 0.6 is 27.5 Å². The Labute approximate surface area is 222 Å². The van der Waals surface area contributed by atoms with Crippen molar-refractivity contribution in [2.45, 2.75) is 19.4 Å². The molecule has 3 aromatic carbocycles. The van der Waals surface area contributed by atoms with E-state index in [1.807, 2.05) is 18.2 Å². The van der Waals surface area contributed by atoms with Gasteiger partial charge in [0.05, 0.1) is 30.6 Å². The second-order valence-electron chi connectivity index (χ2n) is 7.46. The first-order valence-electron chi connectivity index (χ1n) is 10.9. The molecule has 0 aliphatic carbocycles. The van der Waals surface area contributed by atoms with Gasteiger partial charge in [0.1, 0.15) is 12.4 Å². The van der Waals surface area contributed by atoms with Crippen molar-refractivity contribution in [2.24, 2.45) is 5.10 Å². The van der Waals surface area contributed by atoms with Crippen molar-refractivity contribution < 1.29 is 23.8 Å². The van der Waals surface area contributed by atoms with Gasteiger partial charge in [-0.25, -0.2) is 5.43 Å². The number of benzene rings is 3. The average Bonchev–Trinajstić information content (AvgIpc) is 2.87. The molecule has 0 saturated heterocycles. The third-order valence-corrected chi connectivity index (χ3v) is 5.90. The molecule has 0 saturated carbocycles. The number of methoxy groups -OCH3 is 2. The van der Waals surface area contributed by atoms with Gasteiger partial charge in [-0.15, -0.1) is 0 Å². The Morgan fingerprint density at radius 2 is 1.67 bits per heavy atom. The summed E-state index contributed by atoms with van der Waals surface area (Å²) in [6.07, 6.45) is 1.44. The number of nitrogens with one attached hydrogen (secondary N) is 2. The number of halogens is 2. The number of rotatable bonds is 11. The van der Waals surface area contributed by atoms with Crippen LogP contribution < -0.4 is 25.0 Å². The maximum absolute atomic E-state index is 12.2. The van der Waals surface area contributed by atoms with Crippen molar-refractivity contribution in [3.05, 3.63) is 81.3 Å². The lowest BCUT2D eigenvalue weighted by Gasteiger charge is -2.14. The van der Waals surface area contributed by atoms with E-state index in [0.29, 0.717) is 38.0 Å². The van der Waals surface area contributed by atoms with Gasteiger partial charge in [0.25, 0.3) is 0 Å². The first kappa shape index (κ1) is 27.0. The quantitative estimate of drug-likeness (QED) is 0.231. The normalized spacial score (nSPS) is 10.7. The van der Waals surface area contributed by atoms with Crippen LogP contribution in [0.3, 0.4) is 0 Å². The zero-order valence-corrected chi connectivity index (χ0v) is 22.1. The molecule has 36 heavy (non-hydrogen) atoms. The van der Waals surface area contributed by atoms with Gasteiger partial charge in [-0.05, 0) is 51.8 Å². The van der Waals surface area contributed by atoms with Gasteiger partial charge < -0.3 is 19.5 Å². The maximum atomic E-state index is 12.2. The number of hydrogen-bond donors (Lipinski definition) is 2. The lowest BCUT2D eigenvalue weighted by Crippen LogP contribution is -2.20. The minimum Gasteiger partial charge on any atom is -0.495 e.